The molecular weight excluding hydrogens is 454 g/mol. The van der Waals surface area contributed by atoms with Crippen molar-refractivity contribution >= 4 is 22.7 Å². The van der Waals surface area contributed by atoms with Crippen molar-refractivity contribution in [1.82, 2.24) is 14.5 Å². The number of anilines is 1. The Hall–Kier alpha value is -4.38. The van der Waals surface area contributed by atoms with Crippen LogP contribution in [0.15, 0.2) is 60.9 Å². The van der Waals surface area contributed by atoms with E-state index in [2.05, 4.69) is 25.9 Å². The van der Waals surface area contributed by atoms with Gasteiger partial charge < -0.3 is 14.0 Å². The minimum atomic E-state index is -0.493. The molecule has 0 atom stereocenters. The van der Waals surface area contributed by atoms with Crippen molar-refractivity contribution in [3.05, 3.63) is 72.3 Å². The summed E-state index contributed by atoms with van der Waals surface area (Å²) in [4.78, 5) is 20.4. The lowest BCUT2D eigenvalue weighted by molar-refractivity contribution is 0.130. The molecule has 0 spiro atoms. The maximum absolute atomic E-state index is 12.0. The van der Waals surface area contributed by atoms with Crippen LogP contribution in [0.3, 0.4) is 0 Å². The Bertz CT molecular complexity index is 1420. The Kier molecular flexibility index (Phi) is 6.54. The number of nitrogens with zero attached hydrogens (tertiary/aromatic N) is 4. The summed E-state index contributed by atoms with van der Waals surface area (Å²) < 4.78 is 13.4. The van der Waals surface area contributed by atoms with Crippen LogP contribution in [-0.4, -0.2) is 26.7 Å². The minimum absolute atomic E-state index is 0.199. The van der Waals surface area contributed by atoms with E-state index in [1.165, 1.54) is 0 Å². The molecular formula is C28H27N5O3. The lowest BCUT2D eigenvalue weighted by Gasteiger charge is -2.30. The van der Waals surface area contributed by atoms with Crippen molar-refractivity contribution in [1.29, 1.82) is 5.26 Å². The average Bonchev–Trinajstić information content (AvgIpc) is 3.15. The summed E-state index contributed by atoms with van der Waals surface area (Å²) in [5, 5.41) is 13.8. The van der Waals surface area contributed by atoms with Gasteiger partial charge in [-0.25, -0.2) is 14.8 Å². The van der Waals surface area contributed by atoms with E-state index in [4.69, 9.17) is 9.47 Å². The van der Waals surface area contributed by atoms with Gasteiger partial charge in [-0.3, -0.25) is 5.32 Å². The number of aromatic nitrogens is 3. The summed E-state index contributed by atoms with van der Waals surface area (Å²) in [5.74, 6) is 1.31. The molecule has 8 heteroatoms. The number of hydrogen-bond acceptors (Lipinski definition) is 6. The van der Waals surface area contributed by atoms with E-state index in [0.29, 0.717) is 28.9 Å². The average molecular weight is 482 g/mol. The van der Waals surface area contributed by atoms with E-state index < -0.39 is 6.09 Å². The van der Waals surface area contributed by atoms with Gasteiger partial charge in [0.25, 0.3) is 0 Å². The fourth-order valence-corrected chi connectivity index (χ4v) is 4.43. The number of fused-ring (bicyclic) bond motifs is 1. The molecule has 1 fully saturated rings. The fraction of sp³-hybridized carbons (Fsp3) is 0.286. The second-order valence-corrected chi connectivity index (χ2v) is 9.08. The molecule has 2 heterocycles. The van der Waals surface area contributed by atoms with Crippen molar-refractivity contribution in [3.8, 4) is 23.1 Å². The minimum Gasteiger partial charge on any atom is -0.486 e. The number of rotatable bonds is 7. The third-order valence-corrected chi connectivity index (χ3v) is 6.26. The van der Waals surface area contributed by atoms with Gasteiger partial charge in [0, 0.05) is 35.6 Å². The maximum atomic E-state index is 12.0. The number of benzene rings is 2. The first-order chi connectivity index (χ1) is 17.5. The van der Waals surface area contributed by atoms with Gasteiger partial charge in [0.1, 0.15) is 18.4 Å². The highest BCUT2D eigenvalue weighted by Crippen LogP contribution is 2.43. The number of hydrogen-bond donors (Lipinski definition) is 1. The zero-order valence-electron chi connectivity index (χ0n) is 20.3. The van der Waals surface area contributed by atoms with Gasteiger partial charge in [0.15, 0.2) is 5.82 Å². The molecule has 0 radical (unpaired) electrons. The van der Waals surface area contributed by atoms with Crippen LogP contribution in [0.5, 0.6) is 5.75 Å². The van der Waals surface area contributed by atoms with Gasteiger partial charge in [0.05, 0.1) is 22.9 Å². The van der Waals surface area contributed by atoms with E-state index in [0.717, 1.165) is 41.4 Å². The molecule has 36 heavy (non-hydrogen) atoms. The quantitative estimate of drug-likeness (QED) is 0.336. The Labute approximate surface area is 209 Å². The van der Waals surface area contributed by atoms with E-state index in [1.54, 1.807) is 32.3 Å². The van der Waals surface area contributed by atoms with Crippen molar-refractivity contribution in [2.24, 2.45) is 0 Å². The van der Waals surface area contributed by atoms with E-state index in [9.17, 15) is 10.1 Å². The molecule has 5 rings (SSSR count). The normalized spacial score (nSPS) is 13.3. The highest BCUT2D eigenvalue weighted by Gasteiger charge is 2.28. The van der Waals surface area contributed by atoms with Gasteiger partial charge in [-0.05, 0) is 69.0 Å². The largest absolute Gasteiger partial charge is 0.486 e. The highest BCUT2D eigenvalue weighted by atomic mass is 16.6. The first kappa shape index (κ1) is 23.4. The number of carbonyl (C=O) groups is 1. The molecule has 2 aromatic carbocycles. The predicted octanol–water partition coefficient (Wildman–Crippen LogP) is 6.23. The molecule has 8 nitrogen and oxygen atoms in total. The number of carbonyl (C=O) groups excluding carboxylic acids is 1. The van der Waals surface area contributed by atoms with Gasteiger partial charge >= 0.3 is 6.09 Å². The molecule has 2 aromatic heterocycles. The lowest BCUT2D eigenvalue weighted by atomic mass is 9.92. The number of ether oxygens (including phenoxy) is 2. The Balaban J connectivity index is 1.50. The summed E-state index contributed by atoms with van der Waals surface area (Å²) in [6, 6.07) is 17.9. The Morgan fingerprint density at radius 3 is 2.56 bits per heavy atom. The van der Waals surface area contributed by atoms with Crippen molar-refractivity contribution < 1.29 is 14.3 Å². The Morgan fingerprint density at radius 2 is 1.92 bits per heavy atom. The first-order valence-electron chi connectivity index (χ1n) is 12.1. The molecule has 1 aliphatic rings. The smallest absolute Gasteiger partial charge is 0.411 e. The molecule has 0 aliphatic heterocycles. The SMILES string of the molecule is CC(C)OC(=O)Nc1ccc(-c2c(C#N)c3ccc(OCc4ncccn4)cc3n2C2CCC2)cc1. The molecule has 1 aliphatic carbocycles. The molecule has 1 N–H and O–H groups in total. The fourth-order valence-electron chi connectivity index (χ4n) is 4.43. The second-order valence-electron chi connectivity index (χ2n) is 9.08. The molecule has 182 valence electrons. The van der Waals surface area contributed by atoms with Crippen LogP contribution in [0.2, 0.25) is 0 Å². The first-order valence-corrected chi connectivity index (χ1v) is 12.1. The van der Waals surface area contributed by atoms with Crippen LogP contribution < -0.4 is 10.1 Å². The second kappa shape index (κ2) is 10.1. The van der Waals surface area contributed by atoms with Crippen molar-refractivity contribution in [3.63, 3.8) is 0 Å². The van der Waals surface area contributed by atoms with E-state index in [1.807, 2.05) is 42.5 Å². The topological polar surface area (TPSA) is 102 Å². The zero-order valence-corrected chi connectivity index (χ0v) is 20.3. The maximum Gasteiger partial charge on any atom is 0.411 e. The molecule has 1 amide bonds. The van der Waals surface area contributed by atoms with Crippen LogP contribution in [0.1, 0.15) is 50.5 Å². The number of amides is 1. The standard InChI is InChI=1S/C28H27N5O3/c1-18(2)36-28(34)32-20-9-7-19(8-10-20)27-24(16-29)23-12-11-22(35-17-26-30-13-4-14-31-26)15-25(23)33(27)21-5-3-6-21/h4,7-15,18,21H,3,5-6,17H2,1-2H3,(H,32,34). The van der Waals surface area contributed by atoms with Crippen LogP contribution in [0.4, 0.5) is 10.5 Å². The van der Waals surface area contributed by atoms with Gasteiger partial charge in [-0.1, -0.05) is 12.1 Å². The predicted molar refractivity (Wildman–Crippen MR) is 137 cm³/mol. The monoisotopic (exact) mass is 481 g/mol. The zero-order chi connectivity index (χ0) is 25.1. The van der Waals surface area contributed by atoms with Crippen molar-refractivity contribution in [2.75, 3.05) is 5.32 Å². The lowest BCUT2D eigenvalue weighted by Crippen LogP contribution is -2.18. The van der Waals surface area contributed by atoms with Crippen LogP contribution in [-0.2, 0) is 11.3 Å². The highest BCUT2D eigenvalue weighted by molar-refractivity contribution is 5.96. The van der Waals surface area contributed by atoms with Gasteiger partial charge in [0.2, 0.25) is 0 Å². The summed E-state index contributed by atoms with van der Waals surface area (Å²) in [6.07, 6.45) is 5.97. The van der Waals surface area contributed by atoms with Crippen LogP contribution in [0.25, 0.3) is 22.2 Å². The summed E-state index contributed by atoms with van der Waals surface area (Å²) in [7, 11) is 0. The van der Waals surface area contributed by atoms with Gasteiger partial charge in [-0.15, -0.1) is 0 Å². The summed E-state index contributed by atoms with van der Waals surface area (Å²) in [6.45, 7) is 3.87. The number of nitriles is 1. The van der Waals surface area contributed by atoms with Crippen LogP contribution in [0, 0.1) is 11.3 Å². The molecule has 4 aromatic rings. The summed E-state index contributed by atoms with van der Waals surface area (Å²) in [5.41, 5.74) is 4.04. The van der Waals surface area contributed by atoms with Gasteiger partial charge in [-0.2, -0.15) is 5.26 Å². The molecule has 0 bridgehead atoms. The summed E-state index contributed by atoms with van der Waals surface area (Å²) >= 11 is 0. The van der Waals surface area contributed by atoms with Crippen LogP contribution >= 0.6 is 0 Å². The van der Waals surface area contributed by atoms with E-state index in [-0.39, 0.29) is 12.7 Å². The molecule has 1 saturated carbocycles. The Morgan fingerprint density at radius 1 is 1.17 bits per heavy atom. The third kappa shape index (κ3) is 4.73. The number of nitrogens with one attached hydrogen (secondary N) is 1. The molecule has 0 unspecified atom stereocenters. The third-order valence-electron chi connectivity index (χ3n) is 6.26. The van der Waals surface area contributed by atoms with E-state index >= 15 is 0 Å². The van der Waals surface area contributed by atoms with Crippen molar-refractivity contribution in [2.45, 2.75) is 51.9 Å². The molecule has 0 saturated heterocycles.